The predicted molar refractivity (Wildman–Crippen MR) is 131 cm³/mol. The van der Waals surface area contributed by atoms with Gasteiger partial charge >= 0.3 is 5.63 Å². The normalized spacial score (nSPS) is 12.1. The van der Waals surface area contributed by atoms with Crippen LogP contribution in [0.1, 0.15) is 17.5 Å². The second-order valence-electron chi connectivity index (χ2n) is 8.19. The molecule has 2 heterocycles. The van der Waals surface area contributed by atoms with Gasteiger partial charge in [-0.05, 0) is 42.0 Å². The number of fused-ring (bicyclic) bond motifs is 2. The Bertz CT molecular complexity index is 1570. The predicted octanol–water partition coefficient (Wildman–Crippen LogP) is 3.11. The van der Waals surface area contributed by atoms with Crippen LogP contribution in [0.5, 0.6) is 5.75 Å². The van der Waals surface area contributed by atoms with Crippen LogP contribution in [0.4, 0.5) is 5.69 Å². The van der Waals surface area contributed by atoms with Crippen LogP contribution in [0.15, 0.2) is 63.9 Å². The zero-order chi connectivity index (χ0) is 24.5. The fourth-order valence-corrected chi connectivity index (χ4v) is 4.32. The molecule has 4 aromatic rings. The Hall–Kier alpha value is -3.69. The van der Waals surface area contributed by atoms with E-state index in [1.165, 1.54) is 6.07 Å². The average molecular weight is 481 g/mol. The van der Waals surface area contributed by atoms with E-state index in [4.69, 9.17) is 4.42 Å². The summed E-state index contributed by atoms with van der Waals surface area (Å²) in [6.45, 7) is 0.253. The molecule has 34 heavy (non-hydrogen) atoms. The highest BCUT2D eigenvalue weighted by atomic mass is 32.2. The second-order valence-corrected chi connectivity index (χ2v) is 9.72. The standard InChI is InChI=1S/C25H24N2O6S/c1-26(2)20-10-9-18-15-19(25(29)33-23(18)16-20)8-7-17-11-13-27(12-4-14-34(30,31)32)24-21(17)5-3-6-22(24)28/h3,5-11,13,15-16H,4,12,14H2,1-2H3,(H-,28,30,31,32). The van der Waals surface area contributed by atoms with E-state index in [-0.39, 0.29) is 18.7 Å². The van der Waals surface area contributed by atoms with Crippen LogP contribution in [0.2, 0.25) is 0 Å². The maximum atomic E-state index is 12.6. The van der Waals surface area contributed by atoms with Crippen molar-refractivity contribution < 1.29 is 27.1 Å². The van der Waals surface area contributed by atoms with Crippen LogP contribution in [-0.2, 0) is 16.7 Å². The minimum absolute atomic E-state index is 0.0274. The summed E-state index contributed by atoms with van der Waals surface area (Å²) < 4.78 is 40.0. The first-order valence-electron chi connectivity index (χ1n) is 10.6. The molecule has 0 fully saturated rings. The Kier molecular flexibility index (Phi) is 6.41. The van der Waals surface area contributed by atoms with E-state index in [0.717, 1.165) is 16.6 Å². The molecular weight excluding hydrogens is 456 g/mol. The SMILES string of the molecule is CN(C)c1ccc2cc(/C=C/c3cc[n+](CCCS(=O)(=O)[O-])c4c(O)cccc34)c(=O)oc2c1. The molecule has 2 aromatic carbocycles. The van der Waals surface area contributed by atoms with E-state index in [0.29, 0.717) is 22.0 Å². The average Bonchev–Trinajstić information content (AvgIpc) is 2.77. The van der Waals surface area contributed by atoms with E-state index in [1.54, 1.807) is 41.1 Å². The summed E-state index contributed by atoms with van der Waals surface area (Å²) in [5.74, 6) is -0.454. The van der Waals surface area contributed by atoms with Crippen molar-refractivity contribution in [3.05, 3.63) is 76.3 Å². The Morgan fingerprint density at radius 2 is 1.85 bits per heavy atom. The van der Waals surface area contributed by atoms with Crippen LogP contribution >= 0.6 is 0 Å². The number of aromatic hydroxyl groups is 1. The van der Waals surface area contributed by atoms with Crippen LogP contribution < -0.4 is 15.1 Å². The minimum Gasteiger partial charge on any atom is -0.748 e. The molecule has 0 bridgehead atoms. The number of rotatable bonds is 7. The first kappa shape index (κ1) is 23.5. The van der Waals surface area contributed by atoms with Gasteiger partial charge in [0.1, 0.15) is 12.1 Å². The summed E-state index contributed by atoms with van der Waals surface area (Å²) in [4.78, 5) is 14.5. The number of pyridine rings is 1. The smallest absolute Gasteiger partial charge is 0.343 e. The highest BCUT2D eigenvalue weighted by Gasteiger charge is 2.16. The van der Waals surface area contributed by atoms with E-state index in [9.17, 15) is 22.9 Å². The zero-order valence-electron chi connectivity index (χ0n) is 18.8. The third-order valence-electron chi connectivity index (χ3n) is 5.55. The lowest BCUT2D eigenvalue weighted by molar-refractivity contribution is -0.671. The van der Waals surface area contributed by atoms with E-state index in [2.05, 4.69) is 0 Å². The third kappa shape index (κ3) is 5.11. The lowest BCUT2D eigenvalue weighted by Crippen LogP contribution is -2.35. The Labute approximate surface area is 196 Å². The molecule has 0 atom stereocenters. The van der Waals surface area contributed by atoms with Gasteiger partial charge in [0.05, 0.1) is 21.1 Å². The monoisotopic (exact) mass is 480 g/mol. The molecule has 0 aliphatic carbocycles. The van der Waals surface area contributed by atoms with E-state index < -0.39 is 21.5 Å². The Morgan fingerprint density at radius 3 is 2.59 bits per heavy atom. The number of hydrogen-bond donors (Lipinski definition) is 1. The van der Waals surface area contributed by atoms with Crippen molar-refractivity contribution in [2.24, 2.45) is 0 Å². The molecule has 0 aliphatic rings. The van der Waals surface area contributed by atoms with Crippen molar-refractivity contribution in [1.82, 2.24) is 0 Å². The molecule has 0 radical (unpaired) electrons. The van der Waals surface area contributed by atoms with Gasteiger partial charge in [-0.3, -0.25) is 0 Å². The molecule has 0 spiro atoms. The fraction of sp³-hybridized carbons (Fsp3) is 0.200. The molecule has 0 unspecified atom stereocenters. The molecule has 8 nitrogen and oxygen atoms in total. The third-order valence-corrected chi connectivity index (χ3v) is 6.33. The zero-order valence-corrected chi connectivity index (χ0v) is 19.6. The topological polar surface area (TPSA) is 115 Å². The summed E-state index contributed by atoms with van der Waals surface area (Å²) in [5, 5.41) is 12.0. The molecule has 176 valence electrons. The summed E-state index contributed by atoms with van der Waals surface area (Å²) >= 11 is 0. The van der Waals surface area contributed by atoms with E-state index >= 15 is 0 Å². The molecule has 2 aromatic heterocycles. The van der Waals surface area contributed by atoms with Gasteiger partial charge < -0.3 is 19.0 Å². The van der Waals surface area contributed by atoms with Crippen molar-refractivity contribution >= 4 is 49.8 Å². The maximum Gasteiger partial charge on any atom is 0.343 e. The molecule has 0 amide bonds. The Balaban J connectivity index is 1.70. The van der Waals surface area contributed by atoms with Gasteiger partial charge in [-0.25, -0.2) is 13.2 Å². The van der Waals surface area contributed by atoms with Crippen LogP contribution in [0.3, 0.4) is 0 Å². The number of anilines is 1. The number of aryl methyl sites for hydroxylation is 1. The van der Waals surface area contributed by atoms with E-state index in [1.807, 2.05) is 43.3 Å². The van der Waals surface area contributed by atoms with Crippen LogP contribution in [-0.4, -0.2) is 37.9 Å². The number of benzene rings is 2. The lowest BCUT2D eigenvalue weighted by atomic mass is 10.1. The van der Waals surface area contributed by atoms with Crippen molar-refractivity contribution in [2.45, 2.75) is 13.0 Å². The minimum atomic E-state index is -4.31. The highest BCUT2D eigenvalue weighted by Crippen LogP contribution is 2.26. The molecule has 1 N–H and O–H groups in total. The fourth-order valence-electron chi connectivity index (χ4n) is 3.83. The van der Waals surface area contributed by atoms with Gasteiger partial charge in [-0.2, -0.15) is 4.57 Å². The molecule has 0 aliphatic heterocycles. The summed E-state index contributed by atoms with van der Waals surface area (Å²) in [6, 6.07) is 14.3. The van der Waals surface area contributed by atoms with Crippen molar-refractivity contribution in [2.75, 3.05) is 24.7 Å². The van der Waals surface area contributed by atoms with Gasteiger partial charge in [0.2, 0.25) is 0 Å². The van der Waals surface area contributed by atoms with Crippen molar-refractivity contribution in [1.29, 1.82) is 0 Å². The van der Waals surface area contributed by atoms with Gasteiger partial charge in [-0.15, -0.1) is 0 Å². The highest BCUT2D eigenvalue weighted by molar-refractivity contribution is 7.85. The first-order chi connectivity index (χ1) is 16.1. The van der Waals surface area contributed by atoms with Gasteiger partial charge in [0, 0.05) is 49.5 Å². The largest absolute Gasteiger partial charge is 0.748 e. The molecule has 4 rings (SSSR count). The van der Waals surface area contributed by atoms with Gasteiger partial charge in [0.25, 0.3) is 5.52 Å². The number of nitrogens with zero attached hydrogens (tertiary/aromatic N) is 2. The maximum absolute atomic E-state index is 12.6. The second kappa shape index (κ2) is 9.28. The number of aromatic nitrogens is 1. The Morgan fingerprint density at radius 1 is 1.09 bits per heavy atom. The molecular formula is C25H24N2O6S. The summed E-state index contributed by atoms with van der Waals surface area (Å²) in [6.07, 6.45) is 5.27. The van der Waals surface area contributed by atoms with Crippen molar-refractivity contribution in [3.63, 3.8) is 0 Å². The number of phenolic OH excluding ortho intramolecular Hbond substituents is 1. The first-order valence-corrected chi connectivity index (χ1v) is 12.2. The number of hydrogen-bond acceptors (Lipinski definition) is 7. The lowest BCUT2D eigenvalue weighted by Gasteiger charge is -2.12. The number of phenols is 1. The van der Waals surface area contributed by atoms with Crippen molar-refractivity contribution in [3.8, 4) is 5.75 Å². The summed E-state index contributed by atoms with van der Waals surface area (Å²) in [7, 11) is -0.488. The van der Waals surface area contributed by atoms with Gasteiger partial charge in [-0.1, -0.05) is 12.1 Å². The molecule has 0 saturated heterocycles. The van der Waals surface area contributed by atoms with Crippen LogP contribution in [0, 0.1) is 0 Å². The van der Waals surface area contributed by atoms with Crippen LogP contribution in [0.25, 0.3) is 34.0 Å². The summed E-state index contributed by atoms with van der Waals surface area (Å²) in [5.41, 5.74) is 2.61. The van der Waals surface area contributed by atoms with Gasteiger partial charge in [0.15, 0.2) is 11.9 Å². The number of para-hydroxylation sites is 1. The molecule has 9 heteroatoms. The molecule has 0 saturated carbocycles. The quantitative estimate of drug-likeness (QED) is 0.246.